The molecule has 0 saturated carbocycles. The molecule has 2 bridgehead atoms. The van der Waals surface area contributed by atoms with Crippen molar-refractivity contribution in [3.05, 3.63) is 12.7 Å². The predicted molar refractivity (Wildman–Crippen MR) is 136 cm³/mol. The summed E-state index contributed by atoms with van der Waals surface area (Å²) in [5.74, 6) is -3.99. The molecule has 3 aliphatic heterocycles. The number of carboxylic acids is 1. The van der Waals surface area contributed by atoms with Gasteiger partial charge in [0.15, 0.2) is 0 Å². The van der Waals surface area contributed by atoms with Crippen LogP contribution in [-0.4, -0.2) is 85.1 Å². The molecule has 0 aromatic rings. The Bertz CT molecular complexity index is 884. The van der Waals surface area contributed by atoms with E-state index in [1.165, 1.54) is 4.90 Å². The number of alkyl halides is 1. The van der Waals surface area contributed by atoms with E-state index in [-0.39, 0.29) is 35.2 Å². The lowest BCUT2D eigenvalue weighted by molar-refractivity contribution is -0.157. The van der Waals surface area contributed by atoms with Crippen molar-refractivity contribution in [3.8, 4) is 0 Å². The van der Waals surface area contributed by atoms with Gasteiger partial charge >= 0.3 is 5.97 Å². The second-order valence-corrected chi connectivity index (χ2v) is 13.7. The number of ether oxygens (including phenoxy) is 1. The van der Waals surface area contributed by atoms with E-state index in [4.69, 9.17) is 4.74 Å². The van der Waals surface area contributed by atoms with Crippen LogP contribution in [0.3, 0.4) is 0 Å². The zero-order valence-corrected chi connectivity index (χ0v) is 23.5. The van der Waals surface area contributed by atoms with Crippen molar-refractivity contribution in [2.24, 2.45) is 23.2 Å². The number of aliphatic carboxylic acids is 1. The highest BCUT2D eigenvalue weighted by molar-refractivity contribution is 9.09. The maximum absolute atomic E-state index is 14.5. The Morgan fingerprint density at radius 3 is 2.37 bits per heavy atom. The summed E-state index contributed by atoms with van der Waals surface area (Å²) in [5, 5.41) is 20.3. The van der Waals surface area contributed by atoms with Crippen LogP contribution in [0.15, 0.2) is 12.7 Å². The predicted octanol–water partition coefficient (Wildman–Crippen LogP) is 3.07. The van der Waals surface area contributed by atoms with Crippen LogP contribution < -0.4 is 0 Å². The number of carbonyl (C=O) groups is 3. The number of hydrogen-bond acceptors (Lipinski definition) is 5. The van der Waals surface area contributed by atoms with Crippen LogP contribution in [-0.2, 0) is 19.1 Å². The van der Waals surface area contributed by atoms with Crippen molar-refractivity contribution in [1.29, 1.82) is 0 Å². The van der Waals surface area contributed by atoms with Gasteiger partial charge in [-0.25, -0.2) is 0 Å². The Balaban J connectivity index is 2.18. The van der Waals surface area contributed by atoms with Gasteiger partial charge in [-0.3, -0.25) is 14.4 Å². The van der Waals surface area contributed by atoms with Gasteiger partial charge in [0.25, 0.3) is 0 Å². The number of likely N-dealkylation sites (tertiary alicyclic amines) is 1. The Labute approximate surface area is 217 Å². The molecule has 35 heavy (non-hydrogen) atoms. The first kappa shape index (κ1) is 28.1. The molecule has 3 fully saturated rings. The van der Waals surface area contributed by atoms with Gasteiger partial charge in [-0.2, -0.15) is 0 Å². The second-order valence-electron chi connectivity index (χ2n) is 12.5. The number of halogens is 1. The molecule has 0 radical (unpaired) electrons. The highest BCUT2D eigenvalue weighted by Crippen LogP contribution is 2.61. The lowest BCUT2D eigenvalue weighted by Crippen LogP contribution is -2.63. The van der Waals surface area contributed by atoms with Crippen molar-refractivity contribution in [2.75, 3.05) is 13.2 Å². The average molecular weight is 558 g/mol. The van der Waals surface area contributed by atoms with E-state index in [2.05, 4.69) is 43.3 Å². The Hall–Kier alpha value is -1.45. The Morgan fingerprint density at radius 1 is 1.31 bits per heavy atom. The molecule has 8 nitrogen and oxygen atoms in total. The molecule has 2 amide bonds. The average Bonchev–Trinajstić information content (AvgIpc) is 3.28. The van der Waals surface area contributed by atoms with Crippen LogP contribution in [0.4, 0.5) is 0 Å². The summed E-state index contributed by atoms with van der Waals surface area (Å²) in [4.78, 5) is 43.7. The highest BCUT2D eigenvalue weighted by Gasteiger charge is 2.77. The van der Waals surface area contributed by atoms with E-state index < -0.39 is 53.0 Å². The molecule has 3 rings (SSSR count). The maximum Gasteiger partial charge on any atom is 0.310 e. The SMILES string of the molecule is C=CCN(C(=O)[C@@H]1N([C@@H](CO)C(C)C)C(=O)[C@H]2[C@H](C(=O)O)[C@H]3O[C@@]12CC3Br)C(C)(C)CC(C)(C)C. The minimum absolute atomic E-state index is 0.0710. The largest absolute Gasteiger partial charge is 0.481 e. The van der Waals surface area contributed by atoms with Gasteiger partial charge in [0, 0.05) is 16.9 Å². The number of nitrogens with zero attached hydrogens (tertiary/aromatic N) is 2. The third kappa shape index (κ3) is 4.57. The van der Waals surface area contributed by atoms with E-state index in [9.17, 15) is 24.6 Å². The normalized spacial score (nSPS) is 33.3. The summed E-state index contributed by atoms with van der Waals surface area (Å²) < 4.78 is 6.38. The molecule has 9 heteroatoms. The van der Waals surface area contributed by atoms with Crippen LogP contribution in [0.25, 0.3) is 0 Å². The molecule has 7 atom stereocenters. The quantitative estimate of drug-likeness (QED) is 0.334. The molecule has 0 aromatic heterocycles. The smallest absolute Gasteiger partial charge is 0.310 e. The third-order valence-corrected chi connectivity index (χ3v) is 8.68. The monoisotopic (exact) mass is 556 g/mol. The Morgan fingerprint density at radius 2 is 1.91 bits per heavy atom. The maximum atomic E-state index is 14.5. The van der Waals surface area contributed by atoms with Gasteiger partial charge in [-0.1, -0.05) is 56.6 Å². The third-order valence-electron chi connectivity index (χ3n) is 7.83. The zero-order chi connectivity index (χ0) is 26.7. The zero-order valence-electron chi connectivity index (χ0n) is 22.0. The van der Waals surface area contributed by atoms with E-state index in [1.807, 2.05) is 27.7 Å². The van der Waals surface area contributed by atoms with Crippen molar-refractivity contribution >= 4 is 33.7 Å². The fraction of sp³-hybridized carbons (Fsp3) is 0.808. The van der Waals surface area contributed by atoms with Gasteiger partial charge in [0.05, 0.1) is 30.6 Å². The topological polar surface area (TPSA) is 107 Å². The van der Waals surface area contributed by atoms with Crippen LogP contribution in [0, 0.1) is 23.2 Å². The van der Waals surface area contributed by atoms with E-state index >= 15 is 0 Å². The molecule has 3 saturated heterocycles. The van der Waals surface area contributed by atoms with Crippen LogP contribution >= 0.6 is 15.9 Å². The lowest BCUT2D eigenvalue weighted by atomic mass is 9.70. The van der Waals surface area contributed by atoms with Gasteiger partial charge < -0.3 is 24.7 Å². The van der Waals surface area contributed by atoms with Crippen molar-refractivity contribution in [3.63, 3.8) is 0 Å². The second kappa shape index (κ2) is 9.45. The molecular weight excluding hydrogens is 516 g/mol. The lowest BCUT2D eigenvalue weighted by Gasteiger charge is -2.47. The molecule has 3 heterocycles. The molecule has 1 unspecified atom stereocenters. The first-order valence-corrected chi connectivity index (χ1v) is 13.4. The molecule has 1 spiro atoms. The van der Waals surface area contributed by atoms with Gasteiger partial charge in [0.1, 0.15) is 11.6 Å². The summed E-state index contributed by atoms with van der Waals surface area (Å²) in [6.07, 6.45) is 2.03. The number of aliphatic hydroxyl groups excluding tert-OH is 1. The summed E-state index contributed by atoms with van der Waals surface area (Å²) >= 11 is 3.57. The molecule has 198 valence electrons. The number of aliphatic hydroxyl groups is 1. The summed E-state index contributed by atoms with van der Waals surface area (Å²) in [7, 11) is 0. The number of hydrogen-bond donors (Lipinski definition) is 2. The number of carboxylic acid groups (broad SMARTS) is 1. The summed E-state index contributed by atoms with van der Waals surface area (Å²) in [6, 6.07) is -1.67. The van der Waals surface area contributed by atoms with Crippen molar-refractivity contribution < 1.29 is 29.3 Å². The fourth-order valence-corrected chi connectivity index (χ4v) is 7.85. The first-order valence-electron chi connectivity index (χ1n) is 12.4. The summed E-state index contributed by atoms with van der Waals surface area (Å²) in [5.41, 5.74) is -1.91. The first-order chi connectivity index (χ1) is 16.0. The van der Waals surface area contributed by atoms with Crippen molar-refractivity contribution in [1.82, 2.24) is 9.80 Å². The van der Waals surface area contributed by atoms with E-state index in [0.717, 1.165) is 0 Å². The number of fused-ring (bicyclic) bond motifs is 1. The molecule has 2 N–H and O–H groups in total. The van der Waals surface area contributed by atoms with Crippen LogP contribution in [0.1, 0.15) is 61.3 Å². The van der Waals surface area contributed by atoms with Crippen molar-refractivity contribution in [2.45, 2.75) is 95.5 Å². The van der Waals surface area contributed by atoms with Crippen LogP contribution in [0.2, 0.25) is 0 Å². The van der Waals surface area contributed by atoms with E-state index in [1.54, 1.807) is 11.0 Å². The van der Waals surface area contributed by atoms with E-state index in [0.29, 0.717) is 12.8 Å². The Kier molecular flexibility index (Phi) is 7.60. The minimum atomic E-state index is -1.27. The number of rotatable bonds is 9. The molecule has 3 aliphatic rings. The molecular formula is C26H41BrN2O6. The number of amides is 2. The summed E-state index contributed by atoms with van der Waals surface area (Å²) in [6.45, 7) is 17.9. The van der Waals surface area contributed by atoms with Gasteiger partial charge in [0.2, 0.25) is 11.8 Å². The van der Waals surface area contributed by atoms with Gasteiger partial charge in [-0.15, -0.1) is 6.58 Å². The fourth-order valence-electron chi connectivity index (χ4n) is 6.91. The minimum Gasteiger partial charge on any atom is -0.481 e. The molecule has 0 aliphatic carbocycles. The molecule has 0 aromatic carbocycles. The number of carbonyl (C=O) groups excluding carboxylic acids is 2. The van der Waals surface area contributed by atoms with Gasteiger partial charge in [-0.05, 0) is 38.0 Å². The van der Waals surface area contributed by atoms with Crippen LogP contribution in [0.5, 0.6) is 0 Å². The highest BCUT2D eigenvalue weighted by atomic mass is 79.9. The standard InChI is InChI=1S/C26H41BrN2O6/c1-9-10-28(25(7,8)13-24(4,5)6)22(32)20-26-11-15(27)19(35-26)17(23(33)34)18(26)21(31)29(20)16(12-30)14(2)3/h9,14-20,30H,1,10-13H2,2-8H3,(H,33,34)/t15?,16-,17-,18+,19-,20-,26+/m0/s1.